The van der Waals surface area contributed by atoms with E-state index >= 15 is 0 Å². The Bertz CT molecular complexity index is 289. The Hall–Kier alpha value is -1.32. The van der Waals surface area contributed by atoms with Crippen molar-refractivity contribution < 1.29 is 14.3 Å². The second kappa shape index (κ2) is 4.47. The molecule has 0 aromatic heterocycles. The van der Waals surface area contributed by atoms with Crippen molar-refractivity contribution in [2.24, 2.45) is 0 Å². The monoisotopic (exact) mass is 211 g/mol. The Morgan fingerprint density at radius 1 is 1.53 bits per heavy atom. The van der Waals surface area contributed by atoms with Crippen LogP contribution in [0.5, 0.6) is 0 Å². The molecule has 0 aromatic carbocycles. The first-order valence-electron chi connectivity index (χ1n) is 5.08. The van der Waals surface area contributed by atoms with Crippen LogP contribution in [-0.2, 0) is 9.53 Å². The van der Waals surface area contributed by atoms with E-state index in [0.717, 1.165) is 6.42 Å². The van der Waals surface area contributed by atoms with Gasteiger partial charge in [0.2, 0.25) is 0 Å². The maximum absolute atomic E-state index is 11.4. The Balaban J connectivity index is 2.45. The lowest BCUT2D eigenvalue weighted by atomic mass is 10.0. The molecule has 1 amide bonds. The van der Waals surface area contributed by atoms with Crippen molar-refractivity contribution in [3.63, 3.8) is 0 Å². The first kappa shape index (κ1) is 11.8. The second-order valence-electron chi connectivity index (χ2n) is 4.58. The van der Waals surface area contributed by atoms with Gasteiger partial charge in [-0.2, -0.15) is 0 Å². The molecule has 0 aromatic rings. The molecule has 84 valence electrons. The van der Waals surface area contributed by atoms with Crippen LogP contribution in [0.2, 0.25) is 0 Å². The molecule has 0 aliphatic heterocycles. The molecule has 0 saturated carbocycles. The van der Waals surface area contributed by atoms with E-state index in [4.69, 9.17) is 4.74 Å². The molecule has 0 spiro atoms. The van der Waals surface area contributed by atoms with E-state index in [1.807, 2.05) is 6.08 Å². The number of carbonyl (C=O) groups excluding carboxylic acids is 2. The van der Waals surface area contributed by atoms with Gasteiger partial charge in [-0.15, -0.1) is 0 Å². The summed E-state index contributed by atoms with van der Waals surface area (Å²) in [7, 11) is 0. The van der Waals surface area contributed by atoms with Gasteiger partial charge in [-0.25, -0.2) is 4.79 Å². The van der Waals surface area contributed by atoms with Gasteiger partial charge in [0.05, 0.1) is 6.04 Å². The lowest BCUT2D eigenvalue weighted by molar-refractivity contribution is -0.117. The van der Waals surface area contributed by atoms with E-state index < -0.39 is 17.7 Å². The standard InChI is InChI=1S/C11H17NO3/c1-11(2,3)15-10(14)12-8-6-4-5-7-9(8)13/h5,7-8H,4,6H2,1-3H3,(H,12,14). The van der Waals surface area contributed by atoms with Crippen molar-refractivity contribution in [3.05, 3.63) is 12.2 Å². The van der Waals surface area contributed by atoms with E-state index in [0.29, 0.717) is 6.42 Å². The molecule has 1 aliphatic carbocycles. The van der Waals surface area contributed by atoms with Gasteiger partial charge in [0.1, 0.15) is 5.60 Å². The lowest BCUT2D eigenvalue weighted by Crippen LogP contribution is -2.43. The summed E-state index contributed by atoms with van der Waals surface area (Å²) in [6.07, 6.45) is 4.25. The number of rotatable bonds is 1. The predicted molar refractivity (Wildman–Crippen MR) is 56.5 cm³/mol. The average Bonchev–Trinajstić information content (AvgIpc) is 2.05. The fourth-order valence-corrected chi connectivity index (χ4v) is 1.31. The van der Waals surface area contributed by atoms with Crippen LogP contribution < -0.4 is 5.32 Å². The Morgan fingerprint density at radius 2 is 2.20 bits per heavy atom. The summed E-state index contributed by atoms with van der Waals surface area (Å²) < 4.78 is 5.06. The number of allylic oxidation sites excluding steroid dienone is 1. The summed E-state index contributed by atoms with van der Waals surface area (Å²) in [5, 5.41) is 2.56. The zero-order valence-electron chi connectivity index (χ0n) is 9.37. The highest BCUT2D eigenvalue weighted by molar-refractivity contribution is 5.96. The molecule has 0 saturated heterocycles. The third-order valence-corrected chi connectivity index (χ3v) is 1.94. The van der Waals surface area contributed by atoms with E-state index in [1.165, 1.54) is 6.08 Å². The molecule has 1 rings (SSSR count). The van der Waals surface area contributed by atoms with E-state index in [9.17, 15) is 9.59 Å². The molecular formula is C11H17NO3. The minimum absolute atomic E-state index is 0.0629. The van der Waals surface area contributed by atoms with Crippen molar-refractivity contribution >= 4 is 11.9 Å². The van der Waals surface area contributed by atoms with Crippen LogP contribution in [0.4, 0.5) is 4.79 Å². The smallest absolute Gasteiger partial charge is 0.408 e. The third kappa shape index (κ3) is 4.14. The number of nitrogens with one attached hydrogen (secondary N) is 1. The Kier molecular flexibility index (Phi) is 3.50. The first-order chi connectivity index (χ1) is 6.88. The SMILES string of the molecule is CC(C)(C)OC(=O)NC1CCC=CC1=O. The number of ether oxygens (including phenoxy) is 1. The molecule has 1 unspecified atom stereocenters. The van der Waals surface area contributed by atoms with Gasteiger partial charge < -0.3 is 10.1 Å². The number of alkyl carbamates (subject to hydrolysis) is 1. The van der Waals surface area contributed by atoms with Crippen molar-refractivity contribution in [2.75, 3.05) is 0 Å². The third-order valence-electron chi connectivity index (χ3n) is 1.94. The van der Waals surface area contributed by atoms with E-state index in [2.05, 4.69) is 5.32 Å². The molecule has 0 fully saturated rings. The maximum Gasteiger partial charge on any atom is 0.408 e. The van der Waals surface area contributed by atoms with Gasteiger partial charge in [0.25, 0.3) is 0 Å². The highest BCUT2D eigenvalue weighted by Crippen LogP contribution is 2.10. The summed E-state index contributed by atoms with van der Waals surface area (Å²) in [6.45, 7) is 5.36. The molecule has 0 bridgehead atoms. The minimum atomic E-state index is -0.531. The second-order valence-corrected chi connectivity index (χ2v) is 4.58. The topological polar surface area (TPSA) is 55.4 Å². The number of ketones is 1. The fourth-order valence-electron chi connectivity index (χ4n) is 1.31. The molecule has 4 heteroatoms. The highest BCUT2D eigenvalue weighted by Gasteiger charge is 2.23. The van der Waals surface area contributed by atoms with Gasteiger partial charge in [-0.1, -0.05) is 6.08 Å². The van der Waals surface area contributed by atoms with Crippen LogP contribution in [0.15, 0.2) is 12.2 Å². The summed E-state index contributed by atoms with van der Waals surface area (Å²) in [6, 6.07) is -0.426. The molecule has 1 atom stereocenters. The normalized spacial score (nSPS) is 21.3. The molecule has 15 heavy (non-hydrogen) atoms. The largest absolute Gasteiger partial charge is 0.444 e. The zero-order valence-corrected chi connectivity index (χ0v) is 9.37. The first-order valence-corrected chi connectivity index (χ1v) is 5.08. The van der Waals surface area contributed by atoms with Gasteiger partial charge >= 0.3 is 6.09 Å². The number of hydrogen-bond acceptors (Lipinski definition) is 3. The molecule has 0 heterocycles. The van der Waals surface area contributed by atoms with Crippen LogP contribution in [0.25, 0.3) is 0 Å². The average molecular weight is 211 g/mol. The van der Waals surface area contributed by atoms with Crippen LogP contribution in [0.3, 0.4) is 0 Å². The zero-order chi connectivity index (χ0) is 11.5. The highest BCUT2D eigenvalue weighted by atomic mass is 16.6. The van der Waals surface area contributed by atoms with Gasteiger partial charge in [0, 0.05) is 0 Å². The summed E-state index contributed by atoms with van der Waals surface area (Å²) in [5.41, 5.74) is -0.530. The predicted octanol–water partition coefficient (Wildman–Crippen LogP) is 1.80. The van der Waals surface area contributed by atoms with E-state index in [-0.39, 0.29) is 5.78 Å². The maximum atomic E-state index is 11.4. The molecule has 4 nitrogen and oxygen atoms in total. The van der Waals surface area contributed by atoms with Gasteiger partial charge in [-0.3, -0.25) is 4.79 Å². The van der Waals surface area contributed by atoms with Gasteiger partial charge in [-0.05, 0) is 39.7 Å². The van der Waals surface area contributed by atoms with Gasteiger partial charge in [0.15, 0.2) is 5.78 Å². The lowest BCUT2D eigenvalue weighted by Gasteiger charge is -2.23. The van der Waals surface area contributed by atoms with Crippen molar-refractivity contribution in [1.82, 2.24) is 5.32 Å². The summed E-state index contributed by atoms with van der Waals surface area (Å²) in [5.74, 6) is -0.0629. The quantitative estimate of drug-likeness (QED) is 0.719. The van der Waals surface area contributed by atoms with Crippen LogP contribution in [0.1, 0.15) is 33.6 Å². The van der Waals surface area contributed by atoms with Crippen molar-refractivity contribution in [2.45, 2.75) is 45.3 Å². The summed E-state index contributed by atoms with van der Waals surface area (Å²) in [4.78, 5) is 22.7. The number of amides is 1. The minimum Gasteiger partial charge on any atom is -0.444 e. The summed E-state index contributed by atoms with van der Waals surface area (Å²) >= 11 is 0. The van der Waals surface area contributed by atoms with Crippen molar-refractivity contribution in [3.8, 4) is 0 Å². The molecule has 0 radical (unpaired) electrons. The van der Waals surface area contributed by atoms with Crippen LogP contribution >= 0.6 is 0 Å². The molecule has 1 N–H and O–H groups in total. The fraction of sp³-hybridized carbons (Fsp3) is 0.636. The van der Waals surface area contributed by atoms with E-state index in [1.54, 1.807) is 20.8 Å². The number of carbonyl (C=O) groups is 2. The Morgan fingerprint density at radius 3 is 2.73 bits per heavy atom. The van der Waals surface area contributed by atoms with Crippen molar-refractivity contribution in [1.29, 1.82) is 0 Å². The molecule has 1 aliphatic rings. The molecular weight excluding hydrogens is 194 g/mol. The Labute approximate surface area is 89.7 Å². The van der Waals surface area contributed by atoms with Crippen LogP contribution in [0, 0.1) is 0 Å². The number of hydrogen-bond donors (Lipinski definition) is 1. The van der Waals surface area contributed by atoms with Crippen LogP contribution in [-0.4, -0.2) is 23.5 Å².